The SMILES string of the molecule is CC(C(=O)NC1(C)CCOC1)N1CCNCC1. The Kier molecular flexibility index (Phi) is 4.01. The molecule has 0 aliphatic carbocycles. The van der Waals surface area contributed by atoms with Crippen LogP contribution in [0.5, 0.6) is 0 Å². The number of hydrogen-bond donors (Lipinski definition) is 2. The van der Waals surface area contributed by atoms with Crippen LogP contribution in [-0.4, -0.2) is 61.8 Å². The van der Waals surface area contributed by atoms with Crippen molar-refractivity contribution in [3.05, 3.63) is 0 Å². The third-order valence-electron chi connectivity index (χ3n) is 3.72. The number of piperazine rings is 1. The fourth-order valence-electron chi connectivity index (χ4n) is 2.40. The van der Waals surface area contributed by atoms with Gasteiger partial charge in [0.05, 0.1) is 18.2 Å². The Morgan fingerprint density at radius 2 is 2.18 bits per heavy atom. The first kappa shape index (κ1) is 12.8. The minimum Gasteiger partial charge on any atom is -0.379 e. The van der Waals surface area contributed by atoms with Gasteiger partial charge in [0.2, 0.25) is 5.91 Å². The highest BCUT2D eigenvalue weighted by molar-refractivity contribution is 5.82. The molecule has 0 saturated carbocycles. The molecular weight excluding hydrogens is 218 g/mol. The van der Waals surface area contributed by atoms with E-state index < -0.39 is 0 Å². The first-order valence-electron chi connectivity index (χ1n) is 6.45. The van der Waals surface area contributed by atoms with E-state index in [0.717, 1.165) is 39.2 Å². The Bertz CT molecular complexity index is 271. The Morgan fingerprint density at radius 3 is 2.76 bits per heavy atom. The first-order chi connectivity index (χ1) is 8.11. The summed E-state index contributed by atoms with van der Waals surface area (Å²) in [6.45, 7) is 9.26. The second-order valence-electron chi connectivity index (χ2n) is 5.31. The molecule has 2 N–H and O–H groups in total. The predicted molar refractivity (Wildman–Crippen MR) is 65.9 cm³/mol. The summed E-state index contributed by atoms with van der Waals surface area (Å²) in [5.74, 6) is 0.125. The minimum atomic E-state index is -0.167. The molecule has 0 spiro atoms. The molecule has 2 heterocycles. The summed E-state index contributed by atoms with van der Waals surface area (Å²) >= 11 is 0. The van der Waals surface area contributed by atoms with Crippen molar-refractivity contribution in [1.82, 2.24) is 15.5 Å². The molecule has 0 aromatic heterocycles. The zero-order chi connectivity index (χ0) is 12.3. The van der Waals surface area contributed by atoms with Crippen molar-refractivity contribution in [2.24, 2.45) is 0 Å². The molecular formula is C12H23N3O2. The largest absolute Gasteiger partial charge is 0.379 e. The standard InChI is InChI=1S/C12H23N3O2/c1-10(15-6-4-13-5-7-15)11(16)14-12(2)3-8-17-9-12/h10,13H,3-9H2,1-2H3,(H,14,16). The van der Waals surface area contributed by atoms with E-state index in [2.05, 4.69) is 22.5 Å². The molecule has 5 heteroatoms. The maximum absolute atomic E-state index is 12.2. The third kappa shape index (κ3) is 3.18. The lowest BCUT2D eigenvalue weighted by molar-refractivity contribution is -0.128. The van der Waals surface area contributed by atoms with Crippen molar-refractivity contribution in [2.75, 3.05) is 39.4 Å². The quantitative estimate of drug-likeness (QED) is 0.704. The van der Waals surface area contributed by atoms with Crippen LogP contribution in [0.3, 0.4) is 0 Å². The van der Waals surface area contributed by atoms with Crippen molar-refractivity contribution in [1.29, 1.82) is 0 Å². The van der Waals surface area contributed by atoms with Gasteiger partial charge in [-0.2, -0.15) is 0 Å². The molecule has 0 bridgehead atoms. The Hall–Kier alpha value is -0.650. The first-order valence-corrected chi connectivity index (χ1v) is 6.45. The summed E-state index contributed by atoms with van der Waals surface area (Å²) in [6, 6.07) is -0.0467. The van der Waals surface area contributed by atoms with Gasteiger partial charge in [0.15, 0.2) is 0 Å². The van der Waals surface area contributed by atoms with Gasteiger partial charge in [-0.15, -0.1) is 0 Å². The molecule has 0 aromatic rings. The minimum absolute atomic E-state index is 0.0467. The van der Waals surface area contributed by atoms with Crippen LogP contribution >= 0.6 is 0 Å². The van der Waals surface area contributed by atoms with E-state index in [-0.39, 0.29) is 17.5 Å². The third-order valence-corrected chi connectivity index (χ3v) is 3.72. The summed E-state index contributed by atoms with van der Waals surface area (Å²) in [4.78, 5) is 14.4. The summed E-state index contributed by atoms with van der Waals surface area (Å²) in [5.41, 5.74) is -0.167. The summed E-state index contributed by atoms with van der Waals surface area (Å²) in [6.07, 6.45) is 0.910. The van der Waals surface area contributed by atoms with E-state index >= 15 is 0 Å². The van der Waals surface area contributed by atoms with Gasteiger partial charge in [-0.05, 0) is 20.3 Å². The molecule has 2 rings (SSSR count). The summed E-state index contributed by atoms with van der Waals surface area (Å²) < 4.78 is 5.35. The normalized spacial score (nSPS) is 32.4. The lowest BCUT2D eigenvalue weighted by Gasteiger charge is -2.34. The van der Waals surface area contributed by atoms with Crippen LogP contribution in [0.25, 0.3) is 0 Å². The summed E-state index contributed by atoms with van der Waals surface area (Å²) in [7, 11) is 0. The van der Waals surface area contributed by atoms with Crippen LogP contribution in [-0.2, 0) is 9.53 Å². The average Bonchev–Trinajstić information content (AvgIpc) is 2.76. The number of amides is 1. The van der Waals surface area contributed by atoms with E-state index in [9.17, 15) is 4.79 Å². The topological polar surface area (TPSA) is 53.6 Å². The summed E-state index contributed by atoms with van der Waals surface area (Å²) in [5, 5.41) is 6.42. The van der Waals surface area contributed by atoms with Crippen LogP contribution in [0.4, 0.5) is 0 Å². The number of ether oxygens (including phenoxy) is 1. The fraction of sp³-hybridized carbons (Fsp3) is 0.917. The highest BCUT2D eigenvalue weighted by atomic mass is 16.5. The van der Waals surface area contributed by atoms with E-state index in [1.54, 1.807) is 0 Å². The van der Waals surface area contributed by atoms with Crippen LogP contribution in [0.2, 0.25) is 0 Å². The lowest BCUT2D eigenvalue weighted by atomic mass is 10.0. The molecule has 2 aliphatic rings. The van der Waals surface area contributed by atoms with Gasteiger partial charge in [-0.1, -0.05) is 0 Å². The molecule has 2 fully saturated rings. The molecule has 2 unspecified atom stereocenters. The van der Waals surface area contributed by atoms with Gasteiger partial charge in [0, 0.05) is 32.8 Å². The average molecular weight is 241 g/mol. The van der Waals surface area contributed by atoms with E-state index in [1.807, 2.05) is 6.92 Å². The Balaban J connectivity index is 1.85. The van der Waals surface area contributed by atoms with Crippen molar-refractivity contribution < 1.29 is 9.53 Å². The van der Waals surface area contributed by atoms with Crippen LogP contribution in [0, 0.1) is 0 Å². The van der Waals surface area contributed by atoms with Crippen LogP contribution in [0.1, 0.15) is 20.3 Å². The van der Waals surface area contributed by atoms with Gasteiger partial charge >= 0.3 is 0 Å². The van der Waals surface area contributed by atoms with Gasteiger partial charge < -0.3 is 15.4 Å². The number of nitrogens with one attached hydrogen (secondary N) is 2. The highest BCUT2D eigenvalue weighted by Crippen LogP contribution is 2.18. The van der Waals surface area contributed by atoms with Gasteiger partial charge in [0.1, 0.15) is 0 Å². The van der Waals surface area contributed by atoms with E-state index in [1.165, 1.54) is 0 Å². The number of rotatable bonds is 3. The molecule has 5 nitrogen and oxygen atoms in total. The number of hydrogen-bond acceptors (Lipinski definition) is 4. The highest BCUT2D eigenvalue weighted by Gasteiger charge is 2.33. The number of nitrogens with zero attached hydrogens (tertiary/aromatic N) is 1. The van der Waals surface area contributed by atoms with Crippen LogP contribution < -0.4 is 10.6 Å². The maximum Gasteiger partial charge on any atom is 0.237 e. The fourth-order valence-corrected chi connectivity index (χ4v) is 2.40. The monoisotopic (exact) mass is 241 g/mol. The van der Waals surface area contributed by atoms with E-state index in [0.29, 0.717) is 6.61 Å². The number of carbonyl (C=O) groups is 1. The maximum atomic E-state index is 12.2. The second-order valence-corrected chi connectivity index (χ2v) is 5.31. The van der Waals surface area contributed by atoms with Gasteiger partial charge in [0.25, 0.3) is 0 Å². The van der Waals surface area contributed by atoms with Crippen LogP contribution in [0.15, 0.2) is 0 Å². The van der Waals surface area contributed by atoms with Gasteiger partial charge in [-0.3, -0.25) is 9.69 Å². The zero-order valence-electron chi connectivity index (χ0n) is 10.8. The smallest absolute Gasteiger partial charge is 0.237 e. The number of carbonyl (C=O) groups excluding carboxylic acids is 1. The Labute approximate surface area is 103 Å². The van der Waals surface area contributed by atoms with Crippen molar-refractivity contribution in [3.63, 3.8) is 0 Å². The molecule has 2 atom stereocenters. The molecule has 0 radical (unpaired) electrons. The second kappa shape index (κ2) is 5.33. The Morgan fingerprint density at radius 1 is 1.47 bits per heavy atom. The molecule has 98 valence electrons. The van der Waals surface area contributed by atoms with Crippen molar-refractivity contribution in [3.8, 4) is 0 Å². The predicted octanol–water partition coefficient (Wildman–Crippen LogP) is -0.425. The zero-order valence-corrected chi connectivity index (χ0v) is 10.8. The molecule has 2 aliphatic heterocycles. The molecule has 2 saturated heterocycles. The van der Waals surface area contributed by atoms with Crippen molar-refractivity contribution >= 4 is 5.91 Å². The molecule has 0 aromatic carbocycles. The van der Waals surface area contributed by atoms with Crippen molar-refractivity contribution in [2.45, 2.75) is 31.8 Å². The van der Waals surface area contributed by atoms with E-state index in [4.69, 9.17) is 4.74 Å². The van der Waals surface area contributed by atoms with Gasteiger partial charge in [-0.25, -0.2) is 0 Å². The molecule has 17 heavy (non-hydrogen) atoms. The lowest BCUT2D eigenvalue weighted by Crippen LogP contribution is -2.57. The molecule has 1 amide bonds.